The summed E-state index contributed by atoms with van der Waals surface area (Å²) in [5, 5.41) is 0. The second-order valence-electron chi connectivity index (χ2n) is 2.99. The fraction of sp³-hybridized carbons (Fsp3) is 0.667. The number of hydrogen-bond donors (Lipinski definition) is 0. The van der Waals surface area contributed by atoms with E-state index in [1.54, 1.807) is 13.8 Å². The van der Waals surface area contributed by atoms with E-state index in [0.29, 0.717) is 13.2 Å². The van der Waals surface area contributed by atoms with Gasteiger partial charge in [0, 0.05) is 13.2 Å². The number of carbonyl (C=O) groups excluding carboxylic acids is 4. The van der Waals surface area contributed by atoms with Crippen molar-refractivity contribution in [1.82, 2.24) is 0 Å². The van der Waals surface area contributed by atoms with Crippen molar-refractivity contribution in [1.29, 1.82) is 0 Å². The molecule has 0 heterocycles. The Balaban J connectivity index is -0.000000256. The molecule has 0 aliphatic rings. The molecule has 0 aliphatic carbocycles. The van der Waals surface area contributed by atoms with Crippen molar-refractivity contribution in [2.45, 2.75) is 26.7 Å². The van der Waals surface area contributed by atoms with Crippen LogP contribution in [-0.2, 0) is 54.9 Å². The number of Topliss-reactive ketones (excluding diaryl/α,β-unsaturated/α-hetero) is 2. The summed E-state index contributed by atoms with van der Waals surface area (Å²) in [7, 11) is 0. The first-order valence-electron chi connectivity index (χ1n) is 5.51. The molecule has 0 saturated carbocycles. The maximum atomic E-state index is 10.4. The molecule has 0 spiro atoms. The predicted molar refractivity (Wildman–Crippen MR) is 63.6 cm³/mol. The maximum absolute atomic E-state index is 10.4. The molecular formula is C12H18O6Zr. The van der Waals surface area contributed by atoms with E-state index in [0.717, 1.165) is 0 Å². The Labute approximate surface area is 132 Å². The number of rotatable bonds is 10. The van der Waals surface area contributed by atoms with Crippen LogP contribution < -0.4 is 0 Å². The number of carbonyl (C=O) groups is 2. The Bertz CT molecular complexity index is 229. The standard InChI is InChI=1S/2C6H9O3.Zr/c2*1-2-9-5-6(8)3-4-7;/h2*2-3,5H2,1H3;/q2*-1;+2. The average molecular weight is 349 g/mol. The smallest absolute Gasteiger partial charge is 0.541 e. The summed E-state index contributed by atoms with van der Waals surface area (Å²) in [5.41, 5.74) is 0. The topological polar surface area (TPSA) is 86.7 Å². The van der Waals surface area contributed by atoms with Crippen LogP contribution in [0.2, 0.25) is 0 Å². The summed E-state index contributed by atoms with van der Waals surface area (Å²) in [6.45, 7) is 4.66. The van der Waals surface area contributed by atoms with Gasteiger partial charge in [-0.2, -0.15) is 0 Å². The van der Waals surface area contributed by atoms with Crippen molar-refractivity contribution >= 4 is 24.1 Å². The van der Waals surface area contributed by atoms with Gasteiger partial charge < -0.3 is 19.1 Å². The first-order valence-corrected chi connectivity index (χ1v) is 5.51. The average Bonchev–Trinajstić information content (AvgIpc) is 2.35. The van der Waals surface area contributed by atoms with Crippen LogP contribution in [0.25, 0.3) is 0 Å². The van der Waals surface area contributed by atoms with E-state index < -0.39 is 0 Å². The van der Waals surface area contributed by atoms with Crippen LogP contribution in [0.15, 0.2) is 0 Å². The SMILES string of the molecule is CCOCC(=O)C[C-]=O.CCOCC(=O)C[C-]=O.[Zr+2]. The quantitative estimate of drug-likeness (QED) is 0.413. The van der Waals surface area contributed by atoms with Gasteiger partial charge in [-0.05, 0) is 13.8 Å². The van der Waals surface area contributed by atoms with E-state index in [9.17, 15) is 19.2 Å². The molecule has 0 bridgehead atoms. The van der Waals surface area contributed by atoms with E-state index >= 15 is 0 Å². The van der Waals surface area contributed by atoms with E-state index in [1.165, 1.54) is 12.6 Å². The summed E-state index contributed by atoms with van der Waals surface area (Å²) in [4.78, 5) is 40.0. The largest absolute Gasteiger partial charge is 2.00 e. The normalized spacial score (nSPS) is 8.53. The third-order valence-corrected chi connectivity index (χ3v) is 1.47. The van der Waals surface area contributed by atoms with Crippen molar-refractivity contribution in [3.63, 3.8) is 0 Å². The van der Waals surface area contributed by atoms with Gasteiger partial charge in [-0.3, -0.25) is 22.2 Å². The molecule has 0 atom stereocenters. The van der Waals surface area contributed by atoms with Gasteiger partial charge in [0.15, 0.2) is 0 Å². The molecule has 0 N–H and O–H groups in total. The maximum Gasteiger partial charge on any atom is 2.00 e. The molecule has 0 aliphatic heterocycles. The third-order valence-electron chi connectivity index (χ3n) is 1.47. The molecule has 0 radical (unpaired) electrons. The first kappa shape index (κ1) is 23.6. The zero-order valence-corrected chi connectivity index (χ0v) is 13.7. The van der Waals surface area contributed by atoms with Crippen molar-refractivity contribution in [3.05, 3.63) is 0 Å². The van der Waals surface area contributed by atoms with Crippen molar-refractivity contribution in [2.24, 2.45) is 0 Å². The molecule has 0 aromatic carbocycles. The van der Waals surface area contributed by atoms with Gasteiger partial charge >= 0.3 is 26.2 Å². The monoisotopic (exact) mass is 348 g/mol. The molecule has 0 fully saturated rings. The fourth-order valence-electron chi connectivity index (χ4n) is 0.695. The molecule has 0 unspecified atom stereocenters. The van der Waals surface area contributed by atoms with Crippen molar-refractivity contribution < 1.29 is 54.9 Å². The Morgan fingerprint density at radius 3 is 1.37 bits per heavy atom. The molecule has 6 nitrogen and oxygen atoms in total. The van der Waals surface area contributed by atoms with E-state index in [1.807, 2.05) is 0 Å². The first-order chi connectivity index (χ1) is 8.62. The minimum absolute atomic E-state index is 0. The van der Waals surface area contributed by atoms with Crippen LogP contribution in [0.5, 0.6) is 0 Å². The number of ether oxygens (including phenoxy) is 2. The summed E-state index contributed by atoms with van der Waals surface area (Å²) in [6, 6.07) is 0. The van der Waals surface area contributed by atoms with Gasteiger partial charge in [-0.1, -0.05) is 12.8 Å². The van der Waals surface area contributed by atoms with Crippen molar-refractivity contribution in [3.8, 4) is 0 Å². The molecular weight excluding hydrogens is 331 g/mol. The van der Waals surface area contributed by atoms with Gasteiger partial charge in [0.05, 0.1) is 0 Å². The van der Waals surface area contributed by atoms with Crippen LogP contribution in [0.1, 0.15) is 26.7 Å². The Hall–Kier alpha value is -0.517. The Morgan fingerprint density at radius 2 is 1.16 bits per heavy atom. The van der Waals surface area contributed by atoms with Crippen molar-refractivity contribution in [2.75, 3.05) is 26.4 Å². The molecule has 0 rings (SSSR count). The van der Waals surface area contributed by atoms with E-state index in [-0.39, 0.29) is 63.8 Å². The molecule has 0 saturated heterocycles. The van der Waals surface area contributed by atoms with E-state index in [4.69, 9.17) is 9.47 Å². The molecule has 0 aromatic rings. The summed E-state index contributed by atoms with van der Waals surface area (Å²) >= 11 is 0. The third kappa shape index (κ3) is 23.1. The van der Waals surface area contributed by atoms with E-state index in [2.05, 4.69) is 0 Å². The minimum Gasteiger partial charge on any atom is -0.541 e. The van der Waals surface area contributed by atoms with Gasteiger partial charge in [-0.15, -0.1) is 0 Å². The number of ketones is 2. The zero-order chi connectivity index (χ0) is 14.2. The fourth-order valence-corrected chi connectivity index (χ4v) is 0.695. The zero-order valence-electron chi connectivity index (χ0n) is 11.2. The summed E-state index contributed by atoms with van der Waals surface area (Å²) in [5.74, 6) is -0.432. The second kappa shape index (κ2) is 19.8. The molecule has 0 aromatic heterocycles. The molecule has 7 heteroatoms. The van der Waals surface area contributed by atoms with Crippen LogP contribution in [0, 0.1) is 0 Å². The molecule has 0 amide bonds. The van der Waals surface area contributed by atoms with Gasteiger partial charge in [-0.25, -0.2) is 0 Å². The Kier molecular flexibility index (Phi) is 24.6. The number of hydrogen-bond acceptors (Lipinski definition) is 6. The Morgan fingerprint density at radius 1 is 0.842 bits per heavy atom. The van der Waals surface area contributed by atoms with Gasteiger partial charge in [0.1, 0.15) is 24.8 Å². The second-order valence-corrected chi connectivity index (χ2v) is 2.99. The van der Waals surface area contributed by atoms with Gasteiger partial charge in [0.25, 0.3) is 0 Å². The van der Waals surface area contributed by atoms with Crippen LogP contribution in [-0.4, -0.2) is 50.6 Å². The van der Waals surface area contributed by atoms with Crippen LogP contribution in [0.4, 0.5) is 0 Å². The summed E-state index contributed by atoms with van der Waals surface area (Å²) in [6.07, 6.45) is 2.69. The van der Waals surface area contributed by atoms with Crippen LogP contribution >= 0.6 is 0 Å². The van der Waals surface area contributed by atoms with Gasteiger partial charge in [0.2, 0.25) is 0 Å². The minimum atomic E-state index is -0.216. The predicted octanol–water partition coefficient (Wildman–Crippen LogP) is 0.181. The molecule has 19 heavy (non-hydrogen) atoms. The summed E-state index contributed by atoms with van der Waals surface area (Å²) < 4.78 is 9.44. The molecule has 106 valence electrons. The van der Waals surface area contributed by atoms with Crippen LogP contribution in [0.3, 0.4) is 0 Å².